The van der Waals surface area contributed by atoms with E-state index in [4.69, 9.17) is 4.74 Å². The van der Waals surface area contributed by atoms with Crippen molar-refractivity contribution in [2.45, 2.75) is 56.1 Å². The molecule has 0 aromatic rings. The maximum Gasteiger partial charge on any atom is 0.0540 e. The third-order valence-electron chi connectivity index (χ3n) is 0.977. The molecule has 70 valence electrons. The maximum atomic E-state index is 4.90. The highest BCUT2D eigenvalue weighted by Gasteiger charge is 1.88. The SMILES string of the molecule is C.C.C.C.CCC(C)OC. The summed E-state index contributed by atoms with van der Waals surface area (Å²) in [5, 5.41) is 0. The van der Waals surface area contributed by atoms with Crippen molar-refractivity contribution < 1.29 is 4.74 Å². The molecule has 0 saturated carbocycles. The van der Waals surface area contributed by atoms with E-state index in [1.807, 2.05) is 0 Å². The van der Waals surface area contributed by atoms with Gasteiger partial charge in [-0.2, -0.15) is 0 Å². The first-order chi connectivity index (χ1) is 2.81. The van der Waals surface area contributed by atoms with Crippen LogP contribution in [0, 0.1) is 0 Å². The Bertz CT molecular complexity index is 23.9. The van der Waals surface area contributed by atoms with Crippen molar-refractivity contribution in [1.82, 2.24) is 0 Å². The zero-order valence-corrected chi connectivity index (χ0v) is 4.69. The Kier molecular flexibility index (Phi) is 75.0. The summed E-state index contributed by atoms with van der Waals surface area (Å²) in [5.74, 6) is 0. The Morgan fingerprint density at radius 2 is 1.40 bits per heavy atom. The fraction of sp³-hybridized carbons (Fsp3) is 1.00. The fourth-order valence-electron chi connectivity index (χ4n) is 0.167. The van der Waals surface area contributed by atoms with Crippen molar-refractivity contribution in [2.75, 3.05) is 7.11 Å². The number of rotatable bonds is 2. The summed E-state index contributed by atoms with van der Waals surface area (Å²) < 4.78 is 4.90. The number of methoxy groups -OCH3 is 1. The van der Waals surface area contributed by atoms with Gasteiger partial charge in [-0.05, 0) is 13.3 Å². The molecule has 1 unspecified atom stereocenters. The molecule has 0 saturated heterocycles. The Morgan fingerprint density at radius 3 is 1.40 bits per heavy atom. The highest BCUT2D eigenvalue weighted by atomic mass is 16.5. The minimum Gasteiger partial charge on any atom is -0.382 e. The zero-order chi connectivity index (χ0) is 4.99. The average molecular weight is 152 g/mol. The molecule has 0 spiro atoms. The topological polar surface area (TPSA) is 9.23 Å². The lowest BCUT2D eigenvalue weighted by molar-refractivity contribution is 0.115. The molecule has 0 fully saturated rings. The van der Waals surface area contributed by atoms with E-state index in [0.29, 0.717) is 6.10 Å². The lowest BCUT2D eigenvalue weighted by Gasteiger charge is -2.01. The van der Waals surface area contributed by atoms with Crippen molar-refractivity contribution in [3.8, 4) is 0 Å². The molecule has 0 aromatic heterocycles. The van der Waals surface area contributed by atoms with E-state index >= 15 is 0 Å². The molecule has 0 aromatic carbocycles. The van der Waals surface area contributed by atoms with Crippen LogP contribution in [-0.4, -0.2) is 13.2 Å². The predicted molar refractivity (Wildman–Crippen MR) is 53.7 cm³/mol. The summed E-state index contributed by atoms with van der Waals surface area (Å²) in [7, 11) is 1.73. The van der Waals surface area contributed by atoms with E-state index < -0.39 is 0 Å². The van der Waals surface area contributed by atoms with E-state index in [0.717, 1.165) is 6.42 Å². The third-order valence-corrected chi connectivity index (χ3v) is 0.977. The maximum absolute atomic E-state index is 4.90. The summed E-state index contributed by atoms with van der Waals surface area (Å²) in [6, 6.07) is 0. The molecule has 0 amide bonds. The Hall–Kier alpha value is -0.0400. The second kappa shape index (κ2) is 23.1. The van der Waals surface area contributed by atoms with Crippen LogP contribution < -0.4 is 0 Å². The second-order valence-corrected chi connectivity index (χ2v) is 1.45. The summed E-state index contributed by atoms with van der Waals surface area (Å²) in [5.41, 5.74) is 0. The molecule has 1 atom stereocenters. The molecule has 0 radical (unpaired) electrons. The molecule has 0 N–H and O–H groups in total. The van der Waals surface area contributed by atoms with Crippen molar-refractivity contribution in [2.24, 2.45) is 0 Å². The van der Waals surface area contributed by atoms with Crippen LogP contribution in [0.1, 0.15) is 50.0 Å². The Morgan fingerprint density at radius 1 is 1.10 bits per heavy atom. The van der Waals surface area contributed by atoms with E-state index in [2.05, 4.69) is 13.8 Å². The second-order valence-electron chi connectivity index (χ2n) is 1.45. The van der Waals surface area contributed by atoms with Crippen LogP contribution in [0.2, 0.25) is 0 Å². The molecule has 0 heterocycles. The molecular formula is C9H28O. The molecular weight excluding hydrogens is 124 g/mol. The summed E-state index contributed by atoms with van der Waals surface area (Å²) in [6.45, 7) is 4.16. The molecule has 0 bridgehead atoms. The minimum absolute atomic E-state index is 0. The summed E-state index contributed by atoms with van der Waals surface area (Å²) in [6.07, 6.45) is 1.54. The first-order valence-electron chi connectivity index (χ1n) is 2.34. The van der Waals surface area contributed by atoms with Gasteiger partial charge in [0.05, 0.1) is 6.10 Å². The predicted octanol–water partition coefficient (Wildman–Crippen LogP) is 3.98. The van der Waals surface area contributed by atoms with Gasteiger partial charge >= 0.3 is 0 Å². The van der Waals surface area contributed by atoms with Gasteiger partial charge in [0, 0.05) is 7.11 Å². The summed E-state index contributed by atoms with van der Waals surface area (Å²) in [4.78, 5) is 0. The molecule has 1 nitrogen and oxygen atoms in total. The van der Waals surface area contributed by atoms with Gasteiger partial charge in [0.15, 0.2) is 0 Å². The van der Waals surface area contributed by atoms with E-state index in [9.17, 15) is 0 Å². The average Bonchev–Trinajstić information content (AvgIpc) is 1.65. The number of ether oxygens (including phenoxy) is 1. The summed E-state index contributed by atoms with van der Waals surface area (Å²) >= 11 is 0. The van der Waals surface area contributed by atoms with Gasteiger partial charge in [-0.15, -0.1) is 0 Å². The van der Waals surface area contributed by atoms with E-state index in [-0.39, 0.29) is 29.7 Å². The van der Waals surface area contributed by atoms with Crippen LogP contribution in [-0.2, 0) is 4.74 Å². The lowest BCUT2D eigenvalue weighted by atomic mass is 10.3. The van der Waals surface area contributed by atoms with E-state index in [1.54, 1.807) is 7.11 Å². The van der Waals surface area contributed by atoms with Crippen molar-refractivity contribution >= 4 is 0 Å². The van der Waals surface area contributed by atoms with Crippen LogP contribution >= 0.6 is 0 Å². The fourth-order valence-corrected chi connectivity index (χ4v) is 0.167. The molecule has 1 heteroatoms. The molecule has 0 aliphatic carbocycles. The van der Waals surface area contributed by atoms with Gasteiger partial charge in [0.1, 0.15) is 0 Å². The minimum atomic E-state index is 0. The number of hydrogen-bond donors (Lipinski definition) is 0. The highest BCUT2D eigenvalue weighted by molar-refractivity contribution is 4.38. The van der Waals surface area contributed by atoms with E-state index in [1.165, 1.54) is 0 Å². The first-order valence-corrected chi connectivity index (χ1v) is 2.34. The molecule has 0 aliphatic rings. The number of hydrogen-bond acceptors (Lipinski definition) is 1. The highest BCUT2D eigenvalue weighted by Crippen LogP contribution is 1.89. The van der Waals surface area contributed by atoms with Crippen LogP contribution in [0.4, 0.5) is 0 Å². The van der Waals surface area contributed by atoms with Gasteiger partial charge in [-0.1, -0.05) is 36.6 Å². The quantitative estimate of drug-likeness (QED) is 0.581. The van der Waals surface area contributed by atoms with Crippen LogP contribution in [0.15, 0.2) is 0 Å². The van der Waals surface area contributed by atoms with Crippen LogP contribution in [0.25, 0.3) is 0 Å². The zero-order valence-electron chi connectivity index (χ0n) is 4.69. The third kappa shape index (κ3) is 24.6. The van der Waals surface area contributed by atoms with Crippen LogP contribution in [0.5, 0.6) is 0 Å². The smallest absolute Gasteiger partial charge is 0.0540 e. The van der Waals surface area contributed by atoms with Gasteiger partial charge in [-0.25, -0.2) is 0 Å². The Labute approximate surface area is 68.8 Å². The van der Waals surface area contributed by atoms with Crippen molar-refractivity contribution in [3.63, 3.8) is 0 Å². The monoisotopic (exact) mass is 152 g/mol. The first kappa shape index (κ1) is 32.5. The Balaban J connectivity index is -0.0000000208. The van der Waals surface area contributed by atoms with Gasteiger partial charge < -0.3 is 4.74 Å². The molecule has 0 rings (SSSR count). The lowest BCUT2D eigenvalue weighted by Crippen LogP contribution is -2.00. The molecule has 10 heavy (non-hydrogen) atoms. The standard InChI is InChI=1S/C5H12O.4CH4/c1-4-5(2)6-3;;;;/h5H,4H2,1-3H3;4*1H4. The largest absolute Gasteiger partial charge is 0.382 e. The van der Waals surface area contributed by atoms with Crippen molar-refractivity contribution in [1.29, 1.82) is 0 Å². The van der Waals surface area contributed by atoms with Crippen molar-refractivity contribution in [3.05, 3.63) is 0 Å². The molecule has 0 aliphatic heterocycles. The normalized spacial score (nSPS) is 8.70. The van der Waals surface area contributed by atoms with Gasteiger partial charge in [0.2, 0.25) is 0 Å². The van der Waals surface area contributed by atoms with Gasteiger partial charge in [-0.3, -0.25) is 0 Å². The van der Waals surface area contributed by atoms with Crippen LogP contribution in [0.3, 0.4) is 0 Å². The van der Waals surface area contributed by atoms with Gasteiger partial charge in [0.25, 0.3) is 0 Å².